The third-order valence-corrected chi connectivity index (χ3v) is 19.2. The van der Waals surface area contributed by atoms with E-state index in [2.05, 4.69) is 209 Å². The van der Waals surface area contributed by atoms with Crippen molar-refractivity contribution < 1.29 is 9.13 Å². The Hall–Kier alpha value is -8.89. The molecular formula is C67H45N7S2+2. The third kappa shape index (κ3) is 5.89. The highest BCUT2D eigenvalue weighted by atomic mass is 32.1. The SMILES string of the molecule is CC1(C)c2ccccc2-c2cc3c4cc(-c5cc6sc(N7c8cccc9c8CC8C(c%10c(cccc%107)-c7cccc[n+]78)[n+]7ccccc7-9)cc6s5)ccc4n(-c4nc(-c5ccccc5)nc(-c5ccccc5)n4)c3cc21. The van der Waals surface area contributed by atoms with E-state index < -0.39 is 0 Å². The first-order chi connectivity index (χ1) is 37.4. The van der Waals surface area contributed by atoms with Crippen LogP contribution in [0.2, 0.25) is 0 Å². The van der Waals surface area contributed by atoms with E-state index in [1.165, 1.54) is 97.5 Å². The minimum absolute atomic E-state index is 0.114. The second kappa shape index (κ2) is 15.6. The molecule has 358 valence electrons. The van der Waals surface area contributed by atoms with Crippen molar-refractivity contribution >= 4 is 70.3 Å². The van der Waals surface area contributed by atoms with Crippen molar-refractivity contribution in [2.24, 2.45) is 0 Å². The van der Waals surface area contributed by atoms with E-state index in [4.69, 9.17) is 15.0 Å². The van der Waals surface area contributed by atoms with Crippen LogP contribution < -0.4 is 14.0 Å². The Kier molecular flexibility index (Phi) is 8.71. The maximum absolute atomic E-state index is 5.31. The topological polar surface area (TPSA) is 54.6 Å². The molecule has 4 aliphatic rings. The van der Waals surface area contributed by atoms with Gasteiger partial charge in [-0.15, -0.1) is 22.7 Å². The summed E-state index contributed by atoms with van der Waals surface area (Å²) in [4.78, 5) is 19.5. The second-order valence-electron chi connectivity index (χ2n) is 21.2. The zero-order valence-corrected chi connectivity index (χ0v) is 43.1. The number of aromatic nitrogens is 6. The average Bonchev–Trinajstić information content (AvgIpc) is 4.28. The zero-order chi connectivity index (χ0) is 50.0. The summed E-state index contributed by atoms with van der Waals surface area (Å²) in [6, 6.07) is 73.8. The van der Waals surface area contributed by atoms with Gasteiger partial charge in [0, 0.05) is 72.3 Å². The Morgan fingerprint density at radius 2 is 1.16 bits per heavy atom. The van der Waals surface area contributed by atoms with Gasteiger partial charge in [0.1, 0.15) is 5.00 Å². The summed E-state index contributed by atoms with van der Waals surface area (Å²) in [6.45, 7) is 4.70. The largest absolute Gasteiger partial charge is 0.301 e. The molecule has 76 heavy (non-hydrogen) atoms. The molecule has 0 saturated carbocycles. The lowest BCUT2D eigenvalue weighted by Gasteiger charge is -2.35. The van der Waals surface area contributed by atoms with Crippen LogP contribution in [-0.2, 0) is 11.8 Å². The van der Waals surface area contributed by atoms with E-state index in [1.54, 1.807) is 0 Å². The Balaban J connectivity index is 0.847. The number of fused-ring (bicyclic) bond motifs is 10. The van der Waals surface area contributed by atoms with Crippen molar-refractivity contribution in [1.29, 1.82) is 0 Å². The number of hydrogen-bond acceptors (Lipinski definition) is 6. The fraction of sp³-hybridized carbons (Fsp3) is 0.0896. The molecule has 2 atom stereocenters. The van der Waals surface area contributed by atoms with Crippen LogP contribution in [0.25, 0.3) is 104 Å². The molecule has 1 aliphatic carbocycles. The monoisotopic (exact) mass is 1010 g/mol. The first kappa shape index (κ1) is 42.5. The molecule has 13 aromatic rings. The highest BCUT2D eigenvalue weighted by molar-refractivity contribution is 7.31. The van der Waals surface area contributed by atoms with Crippen molar-refractivity contribution in [3.05, 3.63) is 235 Å². The van der Waals surface area contributed by atoms with Crippen molar-refractivity contribution in [3.8, 4) is 72.8 Å². The Labute approximate surface area is 446 Å². The fourth-order valence-electron chi connectivity index (χ4n) is 13.4. The fourth-order valence-corrected chi connectivity index (χ4v) is 15.8. The van der Waals surface area contributed by atoms with Crippen LogP contribution in [0.3, 0.4) is 0 Å². The van der Waals surface area contributed by atoms with Crippen LogP contribution in [0.4, 0.5) is 16.4 Å². The standard InChI is InChI=1S/C67H45N7S2/c1-67(2)49-24-10-9-21-42(49)45-34-47-46-33-41(29-30-54(46)74(56(47)36-50(45)67)66-69-64(39-17-5-3-6-18-39)68-65(70-66)40-19-7-4-8-20-40)58-37-59-60(75-58)38-61(76-59)73-53-27-15-22-43-48(53)35-57-63(72-32-14-12-25-51(43)72)62-44(23-16-28-55(62)73)52-26-11-13-31-71(52)57/h3-34,36-38,57,63H,35H2,1-2H3/q+2. The van der Waals surface area contributed by atoms with Gasteiger partial charge in [0.15, 0.2) is 24.0 Å². The van der Waals surface area contributed by atoms with Crippen LogP contribution in [0.1, 0.15) is 48.2 Å². The summed E-state index contributed by atoms with van der Waals surface area (Å²) in [5.41, 5.74) is 20.7. The van der Waals surface area contributed by atoms with Gasteiger partial charge in [-0.3, -0.25) is 4.57 Å². The minimum Gasteiger partial charge on any atom is -0.301 e. The molecule has 7 nitrogen and oxygen atoms in total. The molecule has 4 bridgehead atoms. The van der Waals surface area contributed by atoms with Crippen molar-refractivity contribution in [2.75, 3.05) is 4.90 Å². The molecule has 0 fully saturated rings. The van der Waals surface area contributed by atoms with E-state index in [-0.39, 0.29) is 17.5 Å². The first-order valence-electron chi connectivity index (χ1n) is 26.1. The molecule has 9 heteroatoms. The Bertz CT molecular complexity index is 4540. The van der Waals surface area contributed by atoms with Gasteiger partial charge in [0.2, 0.25) is 29.4 Å². The van der Waals surface area contributed by atoms with Gasteiger partial charge >= 0.3 is 0 Å². The van der Waals surface area contributed by atoms with Crippen LogP contribution in [0, 0.1) is 0 Å². The Morgan fingerprint density at radius 3 is 1.93 bits per heavy atom. The first-order valence-corrected chi connectivity index (χ1v) is 27.8. The maximum atomic E-state index is 5.31. The van der Waals surface area contributed by atoms with Gasteiger partial charge in [-0.2, -0.15) is 19.1 Å². The zero-order valence-electron chi connectivity index (χ0n) is 41.5. The predicted molar refractivity (Wildman–Crippen MR) is 308 cm³/mol. The minimum atomic E-state index is -0.191. The van der Waals surface area contributed by atoms with E-state index in [9.17, 15) is 0 Å². The third-order valence-electron chi connectivity index (χ3n) is 16.8. The molecule has 0 N–H and O–H groups in total. The van der Waals surface area contributed by atoms with Gasteiger partial charge in [-0.1, -0.05) is 117 Å². The van der Waals surface area contributed by atoms with Gasteiger partial charge in [-0.05, 0) is 106 Å². The van der Waals surface area contributed by atoms with Gasteiger partial charge < -0.3 is 4.90 Å². The van der Waals surface area contributed by atoms with Gasteiger partial charge in [0.05, 0.1) is 39.1 Å². The molecule has 6 aromatic heterocycles. The van der Waals surface area contributed by atoms with E-state index in [1.807, 2.05) is 59.1 Å². The molecule has 0 saturated heterocycles. The van der Waals surface area contributed by atoms with Crippen LogP contribution in [0.5, 0.6) is 0 Å². The van der Waals surface area contributed by atoms with Crippen molar-refractivity contribution in [2.45, 2.75) is 37.8 Å². The summed E-state index contributed by atoms with van der Waals surface area (Å²) >= 11 is 3.78. The maximum Gasteiger partial charge on any atom is 0.248 e. The number of nitrogens with zero attached hydrogens (tertiary/aromatic N) is 7. The lowest BCUT2D eigenvalue weighted by atomic mass is 9.82. The molecule has 2 unspecified atom stereocenters. The predicted octanol–water partition coefficient (Wildman–Crippen LogP) is 15.9. The summed E-state index contributed by atoms with van der Waals surface area (Å²) in [6.07, 6.45) is 5.53. The molecule has 0 amide bonds. The summed E-state index contributed by atoms with van der Waals surface area (Å²) in [5, 5.41) is 3.57. The normalized spacial score (nSPS) is 16.1. The van der Waals surface area contributed by atoms with E-state index in [0.29, 0.717) is 17.6 Å². The van der Waals surface area contributed by atoms with Crippen molar-refractivity contribution in [3.63, 3.8) is 0 Å². The lowest BCUT2D eigenvalue weighted by molar-refractivity contribution is -0.802. The number of pyridine rings is 2. The number of rotatable bonds is 5. The molecule has 3 aliphatic heterocycles. The molecule has 17 rings (SSSR count). The van der Waals surface area contributed by atoms with Gasteiger partial charge in [0.25, 0.3) is 0 Å². The molecule has 7 aromatic carbocycles. The van der Waals surface area contributed by atoms with Crippen LogP contribution in [0.15, 0.2) is 213 Å². The average molecular weight is 1010 g/mol. The molecule has 9 heterocycles. The number of hydrogen-bond donors (Lipinski definition) is 0. The summed E-state index contributed by atoms with van der Waals surface area (Å²) < 4.78 is 9.95. The van der Waals surface area contributed by atoms with E-state index in [0.717, 1.165) is 34.0 Å². The summed E-state index contributed by atoms with van der Waals surface area (Å²) in [5.74, 6) is 1.87. The number of thiophene rings is 2. The van der Waals surface area contributed by atoms with Crippen molar-refractivity contribution in [1.82, 2.24) is 19.5 Å². The van der Waals surface area contributed by atoms with Crippen LogP contribution in [-0.4, -0.2) is 19.5 Å². The highest BCUT2D eigenvalue weighted by Gasteiger charge is 2.53. The van der Waals surface area contributed by atoms with Gasteiger partial charge in [-0.25, -0.2) is 4.98 Å². The smallest absolute Gasteiger partial charge is 0.248 e. The molecule has 0 spiro atoms. The summed E-state index contributed by atoms with van der Waals surface area (Å²) in [7, 11) is 0. The van der Waals surface area contributed by atoms with E-state index >= 15 is 0 Å². The number of anilines is 3. The second-order valence-corrected chi connectivity index (χ2v) is 23.3. The Morgan fingerprint density at radius 1 is 0.500 bits per heavy atom. The quantitative estimate of drug-likeness (QED) is 0.161. The van der Waals surface area contributed by atoms with Crippen LogP contribution >= 0.6 is 22.7 Å². The molecular weight excluding hydrogens is 967 g/mol. The molecule has 0 radical (unpaired) electrons. The number of benzene rings is 7. The lowest BCUT2D eigenvalue weighted by Crippen LogP contribution is -2.57. The highest BCUT2D eigenvalue weighted by Crippen LogP contribution is 2.56.